The number of hydrogen-bond acceptors (Lipinski definition) is 3. The van der Waals surface area contributed by atoms with E-state index in [1.807, 2.05) is 20.8 Å². The van der Waals surface area contributed by atoms with Gasteiger partial charge in [-0.2, -0.15) is 13.2 Å². The van der Waals surface area contributed by atoms with Crippen LogP contribution in [-0.4, -0.2) is 50.0 Å². The zero-order valence-corrected chi connectivity index (χ0v) is 16.3. The van der Waals surface area contributed by atoms with E-state index < -0.39 is 17.6 Å². The van der Waals surface area contributed by atoms with Gasteiger partial charge in [-0.3, -0.25) is 14.6 Å². The average Bonchev–Trinajstić information content (AvgIpc) is 2.58. The summed E-state index contributed by atoms with van der Waals surface area (Å²) in [5, 5.41) is 11.1. The topological polar surface area (TPSA) is 94.6 Å². The van der Waals surface area contributed by atoms with Crippen molar-refractivity contribution in [2.24, 2.45) is 4.99 Å². The minimum atomic E-state index is -4.44. The Bertz CT molecular complexity index is 695. The van der Waals surface area contributed by atoms with Crippen LogP contribution in [0.3, 0.4) is 0 Å². The van der Waals surface area contributed by atoms with Crippen LogP contribution >= 0.6 is 0 Å². The summed E-state index contributed by atoms with van der Waals surface area (Å²) in [5.41, 5.74) is -1.01. The maximum atomic E-state index is 12.5. The fourth-order valence-corrected chi connectivity index (χ4v) is 2.12. The molecular formula is C18H26F3N5O2. The molecule has 0 spiro atoms. The van der Waals surface area contributed by atoms with E-state index in [0.717, 1.165) is 24.3 Å². The van der Waals surface area contributed by atoms with Crippen LogP contribution in [-0.2, 0) is 11.0 Å². The molecule has 1 aromatic rings. The highest BCUT2D eigenvalue weighted by Gasteiger charge is 2.30. The fourth-order valence-electron chi connectivity index (χ4n) is 2.12. The number of amides is 2. The number of benzene rings is 1. The Morgan fingerprint density at radius 2 is 1.54 bits per heavy atom. The highest BCUT2D eigenvalue weighted by molar-refractivity contribution is 5.94. The second kappa shape index (κ2) is 9.95. The van der Waals surface area contributed by atoms with Crippen LogP contribution in [0.4, 0.5) is 13.2 Å². The third-order valence-corrected chi connectivity index (χ3v) is 3.33. The maximum Gasteiger partial charge on any atom is 0.416 e. The Morgan fingerprint density at radius 3 is 2.04 bits per heavy atom. The Balaban J connectivity index is 2.36. The molecule has 2 amide bonds. The number of carbonyl (C=O) groups excluding carboxylic acids is 2. The summed E-state index contributed by atoms with van der Waals surface area (Å²) >= 11 is 0. The molecule has 0 saturated heterocycles. The van der Waals surface area contributed by atoms with E-state index in [-0.39, 0.29) is 30.1 Å². The second-order valence-corrected chi connectivity index (χ2v) is 6.98. The zero-order valence-electron chi connectivity index (χ0n) is 16.3. The van der Waals surface area contributed by atoms with E-state index >= 15 is 0 Å². The lowest BCUT2D eigenvalue weighted by Crippen LogP contribution is -2.48. The molecule has 28 heavy (non-hydrogen) atoms. The Labute approximate surface area is 162 Å². The van der Waals surface area contributed by atoms with Gasteiger partial charge in [0.25, 0.3) is 5.91 Å². The van der Waals surface area contributed by atoms with Gasteiger partial charge in [0.1, 0.15) is 0 Å². The summed E-state index contributed by atoms with van der Waals surface area (Å²) in [6.45, 7) is 6.18. The van der Waals surface area contributed by atoms with Crippen molar-refractivity contribution < 1.29 is 22.8 Å². The molecule has 0 aliphatic heterocycles. The molecule has 0 aromatic heterocycles. The number of halogens is 3. The summed E-state index contributed by atoms with van der Waals surface area (Å²) in [5.74, 6) is -0.290. The van der Waals surface area contributed by atoms with Gasteiger partial charge in [-0.05, 0) is 45.0 Å². The zero-order chi connectivity index (χ0) is 21.4. The summed E-state index contributed by atoms with van der Waals surface area (Å²) < 4.78 is 37.6. The molecule has 1 rings (SSSR count). The minimum absolute atomic E-state index is 0.0366. The standard InChI is InChI=1S/C18H26F3N5O2/c1-17(2,3)26-14(27)11-25-16(22-4)24-10-9-23-15(28)12-5-7-13(8-6-12)18(19,20)21/h5-8H,9-11H2,1-4H3,(H,23,28)(H,26,27)(H2,22,24,25). The van der Waals surface area contributed by atoms with Crippen LogP contribution in [0.1, 0.15) is 36.7 Å². The van der Waals surface area contributed by atoms with Crippen LogP contribution in [0.2, 0.25) is 0 Å². The lowest BCUT2D eigenvalue weighted by molar-refractivity contribution is -0.137. The Kier molecular flexibility index (Phi) is 8.27. The molecule has 0 saturated carbocycles. The molecule has 4 N–H and O–H groups in total. The number of guanidine groups is 1. The van der Waals surface area contributed by atoms with E-state index in [0.29, 0.717) is 12.5 Å². The van der Waals surface area contributed by atoms with Gasteiger partial charge in [0.05, 0.1) is 12.1 Å². The van der Waals surface area contributed by atoms with Crippen molar-refractivity contribution in [3.63, 3.8) is 0 Å². The smallest absolute Gasteiger partial charge is 0.355 e. The monoisotopic (exact) mass is 401 g/mol. The molecule has 0 aliphatic carbocycles. The van der Waals surface area contributed by atoms with Gasteiger partial charge < -0.3 is 21.3 Å². The normalized spacial score (nSPS) is 12.3. The van der Waals surface area contributed by atoms with E-state index in [1.165, 1.54) is 7.05 Å². The first-order chi connectivity index (χ1) is 12.9. The minimum Gasteiger partial charge on any atom is -0.355 e. The molecule has 0 fully saturated rings. The highest BCUT2D eigenvalue weighted by Crippen LogP contribution is 2.28. The molecule has 0 bridgehead atoms. The molecule has 0 aliphatic rings. The van der Waals surface area contributed by atoms with Crippen molar-refractivity contribution >= 4 is 17.8 Å². The molecule has 156 valence electrons. The van der Waals surface area contributed by atoms with Gasteiger partial charge in [-0.15, -0.1) is 0 Å². The highest BCUT2D eigenvalue weighted by atomic mass is 19.4. The SMILES string of the molecule is CN=C(NCCNC(=O)c1ccc(C(F)(F)F)cc1)NCC(=O)NC(C)(C)C. The van der Waals surface area contributed by atoms with Gasteiger partial charge in [0.2, 0.25) is 5.91 Å². The van der Waals surface area contributed by atoms with E-state index in [4.69, 9.17) is 0 Å². The van der Waals surface area contributed by atoms with Gasteiger partial charge >= 0.3 is 6.18 Å². The van der Waals surface area contributed by atoms with E-state index in [2.05, 4.69) is 26.3 Å². The van der Waals surface area contributed by atoms with E-state index in [1.54, 1.807) is 0 Å². The number of nitrogens with zero attached hydrogens (tertiary/aromatic N) is 1. The predicted octanol–water partition coefficient (Wildman–Crippen LogP) is 1.51. The van der Waals surface area contributed by atoms with Crippen molar-refractivity contribution in [3.8, 4) is 0 Å². The van der Waals surface area contributed by atoms with Crippen LogP contribution < -0.4 is 21.3 Å². The number of nitrogens with one attached hydrogen (secondary N) is 4. The molecule has 1 aromatic carbocycles. The van der Waals surface area contributed by atoms with Crippen LogP contribution in [0, 0.1) is 0 Å². The van der Waals surface area contributed by atoms with Crippen molar-refractivity contribution in [1.82, 2.24) is 21.3 Å². The molecular weight excluding hydrogens is 375 g/mol. The summed E-state index contributed by atoms with van der Waals surface area (Å²) in [6, 6.07) is 3.98. The average molecular weight is 401 g/mol. The summed E-state index contributed by atoms with van der Waals surface area (Å²) in [7, 11) is 1.54. The first kappa shape index (κ1) is 23.3. The van der Waals surface area contributed by atoms with Crippen molar-refractivity contribution in [2.75, 3.05) is 26.7 Å². The number of rotatable bonds is 6. The molecule has 0 unspecified atom stereocenters. The molecule has 0 atom stereocenters. The Hall–Kier alpha value is -2.78. The summed E-state index contributed by atoms with van der Waals surface area (Å²) in [4.78, 5) is 27.7. The van der Waals surface area contributed by atoms with Crippen molar-refractivity contribution in [1.29, 1.82) is 0 Å². The third-order valence-electron chi connectivity index (χ3n) is 3.33. The van der Waals surface area contributed by atoms with Crippen LogP contribution in [0.5, 0.6) is 0 Å². The van der Waals surface area contributed by atoms with Gasteiger partial charge in [0, 0.05) is 31.2 Å². The predicted molar refractivity (Wildman–Crippen MR) is 101 cm³/mol. The van der Waals surface area contributed by atoms with Gasteiger partial charge in [-0.25, -0.2) is 0 Å². The Morgan fingerprint density at radius 1 is 0.964 bits per heavy atom. The number of hydrogen-bond donors (Lipinski definition) is 4. The lowest BCUT2D eigenvalue weighted by Gasteiger charge is -2.21. The summed E-state index contributed by atoms with van der Waals surface area (Å²) in [6.07, 6.45) is -4.44. The first-order valence-electron chi connectivity index (χ1n) is 8.63. The van der Waals surface area contributed by atoms with Crippen molar-refractivity contribution in [2.45, 2.75) is 32.5 Å². The fraction of sp³-hybridized carbons (Fsp3) is 0.500. The first-order valence-corrected chi connectivity index (χ1v) is 8.63. The van der Waals surface area contributed by atoms with Crippen molar-refractivity contribution in [3.05, 3.63) is 35.4 Å². The molecule has 0 radical (unpaired) electrons. The molecule has 0 heterocycles. The van der Waals surface area contributed by atoms with Gasteiger partial charge in [0.15, 0.2) is 5.96 Å². The second-order valence-electron chi connectivity index (χ2n) is 6.98. The number of aliphatic imine (C=N–C) groups is 1. The van der Waals surface area contributed by atoms with Crippen LogP contribution in [0.15, 0.2) is 29.3 Å². The number of alkyl halides is 3. The van der Waals surface area contributed by atoms with E-state index in [9.17, 15) is 22.8 Å². The largest absolute Gasteiger partial charge is 0.416 e. The molecule has 7 nitrogen and oxygen atoms in total. The van der Waals surface area contributed by atoms with Gasteiger partial charge in [-0.1, -0.05) is 0 Å². The lowest BCUT2D eigenvalue weighted by atomic mass is 10.1. The number of carbonyl (C=O) groups is 2. The quantitative estimate of drug-likeness (QED) is 0.330. The van der Waals surface area contributed by atoms with Crippen LogP contribution in [0.25, 0.3) is 0 Å². The molecule has 10 heteroatoms. The third kappa shape index (κ3) is 8.74. The maximum absolute atomic E-state index is 12.5.